The Bertz CT molecular complexity index is 447. The lowest BCUT2D eigenvalue weighted by atomic mass is 10.6. The first-order valence-electron chi connectivity index (χ1n) is 4.03. The number of nitrogens with two attached hydrogens (primary N) is 4. The molecule has 0 saturated carbocycles. The molecule has 2 rings (SSSR count). The molecule has 0 spiro atoms. The molecule has 86 valence electrons. The molecule has 0 atom stereocenters. The fraction of sp³-hybridized carbons (Fsp3) is 0. The van der Waals surface area contributed by atoms with Gasteiger partial charge in [-0.15, -0.1) is 20.4 Å². The number of anilines is 2. The third kappa shape index (κ3) is 1.25. The van der Waals surface area contributed by atoms with Crippen LogP contribution in [0.15, 0.2) is 0 Å². The second kappa shape index (κ2) is 3.52. The fourth-order valence-electron chi connectivity index (χ4n) is 1.08. The van der Waals surface area contributed by atoms with Crippen molar-refractivity contribution in [3.63, 3.8) is 0 Å². The van der Waals surface area contributed by atoms with E-state index in [9.17, 15) is 0 Å². The highest BCUT2D eigenvalue weighted by Gasteiger charge is 2.18. The van der Waals surface area contributed by atoms with Crippen LogP contribution in [-0.4, -0.2) is 29.7 Å². The largest absolute Gasteiger partial charge is 0.334 e. The Hall–Kier alpha value is -2.60. The summed E-state index contributed by atoms with van der Waals surface area (Å²) in [6.07, 6.45) is 0. The zero-order chi connectivity index (χ0) is 11.7. The van der Waals surface area contributed by atoms with Crippen molar-refractivity contribution in [2.75, 3.05) is 22.5 Å². The van der Waals surface area contributed by atoms with Crippen LogP contribution in [-0.2, 0) is 0 Å². The molecular formula is C4H10N12. The van der Waals surface area contributed by atoms with Gasteiger partial charge in [-0.1, -0.05) is 0 Å². The average molecular weight is 226 g/mol. The summed E-state index contributed by atoms with van der Waals surface area (Å²) in [7, 11) is 0. The zero-order valence-electron chi connectivity index (χ0n) is 7.99. The first-order chi connectivity index (χ1) is 7.69. The minimum absolute atomic E-state index is 0.153. The smallest absolute Gasteiger partial charge is 0.257 e. The molecule has 0 amide bonds. The SMILES string of the molecule is NNc1nnc(-c2nnc(NN)n2N)n1N. The van der Waals surface area contributed by atoms with Gasteiger partial charge in [0.15, 0.2) is 0 Å². The monoisotopic (exact) mass is 226 g/mol. The van der Waals surface area contributed by atoms with Crippen molar-refractivity contribution in [1.82, 2.24) is 29.7 Å². The summed E-state index contributed by atoms with van der Waals surface area (Å²) in [5, 5.41) is 14.8. The Balaban J connectivity index is 2.50. The molecule has 0 bridgehead atoms. The van der Waals surface area contributed by atoms with E-state index in [1.165, 1.54) is 0 Å². The highest BCUT2D eigenvalue weighted by molar-refractivity contribution is 5.50. The van der Waals surface area contributed by atoms with Crippen LogP contribution in [0.25, 0.3) is 11.6 Å². The molecule has 10 N–H and O–H groups in total. The molecular weight excluding hydrogens is 216 g/mol. The molecule has 0 unspecified atom stereocenters. The van der Waals surface area contributed by atoms with E-state index in [0.29, 0.717) is 0 Å². The van der Waals surface area contributed by atoms with Gasteiger partial charge in [0.25, 0.3) is 11.9 Å². The van der Waals surface area contributed by atoms with Crippen LogP contribution in [0.3, 0.4) is 0 Å². The highest BCUT2D eigenvalue weighted by Crippen LogP contribution is 2.15. The molecule has 0 aromatic carbocycles. The van der Waals surface area contributed by atoms with E-state index in [1.807, 2.05) is 0 Å². The summed E-state index contributed by atoms with van der Waals surface area (Å²) >= 11 is 0. The summed E-state index contributed by atoms with van der Waals surface area (Å²) in [4.78, 5) is 0. The molecule has 0 aliphatic rings. The van der Waals surface area contributed by atoms with E-state index in [1.54, 1.807) is 0 Å². The van der Waals surface area contributed by atoms with Crippen molar-refractivity contribution in [2.24, 2.45) is 11.7 Å². The van der Waals surface area contributed by atoms with E-state index in [4.69, 9.17) is 23.4 Å². The van der Waals surface area contributed by atoms with Gasteiger partial charge in [-0.2, -0.15) is 0 Å². The summed E-state index contributed by atoms with van der Waals surface area (Å²) in [5.41, 5.74) is 4.50. The van der Waals surface area contributed by atoms with E-state index < -0.39 is 0 Å². The maximum absolute atomic E-state index is 5.63. The van der Waals surface area contributed by atoms with Gasteiger partial charge in [0, 0.05) is 0 Å². The Morgan fingerprint density at radius 2 is 1.12 bits per heavy atom. The van der Waals surface area contributed by atoms with Crippen LogP contribution in [0.1, 0.15) is 0 Å². The molecule has 16 heavy (non-hydrogen) atoms. The molecule has 2 aromatic rings. The Kier molecular flexibility index (Phi) is 2.19. The van der Waals surface area contributed by atoms with Crippen LogP contribution < -0.4 is 34.2 Å². The van der Waals surface area contributed by atoms with Gasteiger partial charge in [0.1, 0.15) is 0 Å². The van der Waals surface area contributed by atoms with Crippen molar-refractivity contribution in [3.05, 3.63) is 0 Å². The van der Waals surface area contributed by atoms with Gasteiger partial charge in [-0.3, -0.25) is 10.9 Å². The van der Waals surface area contributed by atoms with Crippen molar-refractivity contribution >= 4 is 11.9 Å². The Labute approximate surface area is 88.5 Å². The van der Waals surface area contributed by atoms with E-state index >= 15 is 0 Å². The van der Waals surface area contributed by atoms with Crippen LogP contribution in [0, 0.1) is 0 Å². The molecule has 0 saturated heterocycles. The molecule has 0 radical (unpaired) electrons. The standard InChI is InChI=1S/C4H10N12/c5-9-3-13-11-1(15(3)7)2-12-14-4(10-6)16(2)8/h5-8H2,(H,9,13)(H,10,14). The minimum Gasteiger partial charge on any atom is -0.334 e. The molecule has 12 nitrogen and oxygen atoms in total. The lowest BCUT2D eigenvalue weighted by molar-refractivity contribution is 0.933. The number of nitrogens with one attached hydrogen (secondary N) is 2. The summed E-state index contributed by atoms with van der Waals surface area (Å²) in [6.45, 7) is 0. The third-order valence-corrected chi connectivity index (χ3v) is 1.85. The molecule has 0 aliphatic carbocycles. The average Bonchev–Trinajstić information content (AvgIpc) is 2.82. The van der Waals surface area contributed by atoms with Gasteiger partial charge in [-0.05, 0) is 0 Å². The van der Waals surface area contributed by atoms with Gasteiger partial charge >= 0.3 is 0 Å². The Morgan fingerprint density at radius 1 is 0.750 bits per heavy atom. The highest BCUT2D eigenvalue weighted by atomic mass is 15.5. The number of nitrogens with zero attached hydrogens (tertiary/aromatic N) is 6. The van der Waals surface area contributed by atoms with E-state index in [-0.39, 0.29) is 23.5 Å². The van der Waals surface area contributed by atoms with Gasteiger partial charge in [-0.25, -0.2) is 21.0 Å². The van der Waals surface area contributed by atoms with E-state index in [0.717, 1.165) is 9.35 Å². The van der Waals surface area contributed by atoms with Crippen LogP contribution in [0.2, 0.25) is 0 Å². The van der Waals surface area contributed by atoms with Crippen molar-refractivity contribution < 1.29 is 0 Å². The van der Waals surface area contributed by atoms with Crippen molar-refractivity contribution in [1.29, 1.82) is 0 Å². The first-order valence-corrected chi connectivity index (χ1v) is 4.03. The summed E-state index contributed by atoms with van der Waals surface area (Å²) < 4.78 is 2.15. The second-order valence-electron chi connectivity index (χ2n) is 2.72. The fourth-order valence-corrected chi connectivity index (χ4v) is 1.08. The maximum atomic E-state index is 5.63. The van der Waals surface area contributed by atoms with Gasteiger partial charge in [0.05, 0.1) is 0 Å². The summed E-state index contributed by atoms with van der Waals surface area (Å²) in [6, 6.07) is 0. The zero-order valence-corrected chi connectivity index (χ0v) is 7.99. The van der Waals surface area contributed by atoms with Gasteiger partial charge < -0.3 is 11.7 Å². The van der Waals surface area contributed by atoms with Crippen molar-refractivity contribution in [2.45, 2.75) is 0 Å². The molecule has 2 heterocycles. The molecule has 0 aliphatic heterocycles. The number of hydrogen-bond donors (Lipinski definition) is 6. The number of rotatable bonds is 3. The quantitative estimate of drug-likeness (QED) is 0.226. The summed E-state index contributed by atoms with van der Waals surface area (Å²) in [5.74, 6) is 22.2. The van der Waals surface area contributed by atoms with Crippen LogP contribution >= 0.6 is 0 Å². The number of nitrogen functional groups attached to an aromatic ring is 4. The molecule has 12 heteroatoms. The third-order valence-electron chi connectivity index (χ3n) is 1.85. The number of aromatic nitrogens is 6. The van der Waals surface area contributed by atoms with E-state index in [2.05, 4.69) is 31.2 Å². The lowest BCUT2D eigenvalue weighted by Crippen LogP contribution is -2.22. The Morgan fingerprint density at radius 3 is 1.38 bits per heavy atom. The van der Waals surface area contributed by atoms with Crippen LogP contribution in [0.5, 0.6) is 0 Å². The second-order valence-corrected chi connectivity index (χ2v) is 2.72. The maximum Gasteiger partial charge on any atom is 0.257 e. The predicted octanol–water partition coefficient (Wildman–Crippen LogP) is -3.46. The number of hydrazine groups is 2. The minimum atomic E-state index is 0.153. The topological polar surface area (TPSA) is 190 Å². The van der Waals surface area contributed by atoms with Gasteiger partial charge in [0.2, 0.25) is 11.6 Å². The van der Waals surface area contributed by atoms with Crippen LogP contribution in [0.4, 0.5) is 11.9 Å². The molecule has 0 fully saturated rings. The normalized spacial score (nSPS) is 10.4. The molecule has 2 aromatic heterocycles. The van der Waals surface area contributed by atoms with Crippen molar-refractivity contribution in [3.8, 4) is 11.6 Å². The predicted molar refractivity (Wildman–Crippen MR) is 55.0 cm³/mol. The lowest BCUT2D eigenvalue weighted by Gasteiger charge is -2.02. The first kappa shape index (κ1) is 9.94. The number of hydrogen-bond acceptors (Lipinski definition) is 10.